The molecular weight excluding hydrogens is 232 g/mol. The first-order valence-corrected chi connectivity index (χ1v) is 6.48. The van der Waals surface area contributed by atoms with Crippen LogP contribution in [0.5, 0.6) is 0 Å². The second kappa shape index (κ2) is 6.17. The molecule has 0 aliphatic carbocycles. The summed E-state index contributed by atoms with van der Waals surface area (Å²) in [6.45, 7) is 4.93. The molecule has 0 aliphatic heterocycles. The van der Waals surface area contributed by atoms with Crippen LogP contribution < -0.4 is 5.32 Å². The van der Waals surface area contributed by atoms with E-state index >= 15 is 0 Å². The highest BCUT2D eigenvalue weighted by Crippen LogP contribution is 2.15. The van der Waals surface area contributed by atoms with E-state index in [1.807, 2.05) is 24.3 Å². The van der Waals surface area contributed by atoms with Crippen molar-refractivity contribution in [1.29, 1.82) is 5.26 Å². The summed E-state index contributed by atoms with van der Waals surface area (Å²) in [5, 5.41) is 12.5. The Balaban J connectivity index is 2.02. The summed E-state index contributed by atoms with van der Waals surface area (Å²) in [5.41, 5.74) is 4.32. The van der Waals surface area contributed by atoms with E-state index < -0.39 is 0 Å². The maximum atomic E-state index is 9.05. The molecule has 0 aromatic heterocycles. The van der Waals surface area contributed by atoms with Crippen molar-refractivity contribution in [2.45, 2.75) is 26.4 Å². The fraction of sp³-hybridized carbons (Fsp3) is 0.235. The molecule has 96 valence electrons. The average molecular weight is 250 g/mol. The van der Waals surface area contributed by atoms with Gasteiger partial charge < -0.3 is 5.32 Å². The Kier molecular flexibility index (Phi) is 4.33. The molecule has 0 saturated heterocycles. The molecular formula is C17H18N2. The van der Waals surface area contributed by atoms with Crippen LogP contribution in [0, 0.1) is 18.3 Å². The Morgan fingerprint density at radius 2 is 1.79 bits per heavy atom. The lowest BCUT2D eigenvalue weighted by Gasteiger charge is -2.15. The van der Waals surface area contributed by atoms with Crippen LogP contribution in [0.25, 0.3) is 0 Å². The molecule has 2 aromatic carbocycles. The van der Waals surface area contributed by atoms with Gasteiger partial charge in [0.2, 0.25) is 0 Å². The van der Waals surface area contributed by atoms with Crippen molar-refractivity contribution in [1.82, 2.24) is 5.32 Å². The third kappa shape index (κ3) is 3.43. The molecule has 2 nitrogen and oxygen atoms in total. The van der Waals surface area contributed by atoms with Crippen LogP contribution in [0.2, 0.25) is 0 Å². The molecule has 0 aliphatic rings. The summed E-state index contributed by atoms with van der Waals surface area (Å²) in [6.07, 6.45) is 0. The van der Waals surface area contributed by atoms with Crippen LogP contribution in [0.3, 0.4) is 0 Å². The monoisotopic (exact) mass is 250 g/mol. The van der Waals surface area contributed by atoms with E-state index in [2.05, 4.69) is 49.5 Å². The molecule has 0 fully saturated rings. The summed E-state index contributed by atoms with van der Waals surface area (Å²) in [5.74, 6) is 0. The van der Waals surface area contributed by atoms with Crippen LogP contribution in [0.4, 0.5) is 0 Å². The lowest BCUT2D eigenvalue weighted by molar-refractivity contribution is 0.574. The lowest BCUT2D eigenvalue weighted by Crippen LogP contribution is -2.18. The van der Waals surface area contributed by atoms with Gasteiger partial charge in [0.1, 0.15) is 0 Å². The van der Waals surface area contributed by atoms with Gasteiger partial charge in [0.15, 0.2) is 0 Å². The summed E-state index contributed by atoms with van der Waals surface area (Å²) in [6, 6.07) is 18.7. The van der Waals surface area contributed by atoms with E-state index in [0.717, 1.165) is 11.1 Å². The van der Waals surface area contributed by atoms with Crippen molar-refractivity contribution in [2.75, 3.05) is 0 Å². The normalized spacial score (nSPS) is 11.8. The maximum absolute atomic E-state index is 9.05. The predicted octanol–water partition coefficient (Wildman–Crippen LogP) is 3.72. The van der Waals surface area contributed by atoms with Crippen molar-refractivity contribution in [2.24, 2.45) is 0 Å². The fourth-order valence-electron chi connectivity index (χ4n) is 2.02. The third-order valence-electron chi connectivity index (χ3n) is 3.31. The Labute approximate surface area is 114 Å². The smallest absolute Gasteiger partial charge is 0.0995 e. The molecule has 0 spiro atoms. The van der Waals surface area contributed by atoms with Gasteiger partial charge >= 0.3 is 0 Å². The largest absolute Gasteiger partial charge is 0.306 e. The SMILES string of the molecule is Cc1ccc([C@H](C)NCc2ccccc2C#N)cc1. The highest BCUT2D eigenvalue weighted by Gasteiger charge is 2.06. The van der Waals surface area contributed by atoms with E-state index in [1.165, 1.54) is 11.1 Å². The van der Waals surface area contributed by atoms with Crippen LogP contribution in [0.15, 0.2) is 48.5 Å². The lowest BCUT2D eigenvalue weighted by atomic mass is 10.1. The first-order valence-electron chi connectivity index (χ1n) is 6.48. The van der Waals surface area contributed by atoms with Gasteiger partial charge in [-0.25, -0.2) is 0 Å². The quantitative estimate of drug-likeness (QED) is 0.897. The van der Waals surface area contributed by atoms with E-state index in [1.54, 1.807) is 0 Å². The van der Waals surface area contributed by atoms with Gasteiger partial charge in [0, 0.05) is 12.6 Å². The summed E-state index contributed by atoms with van der Waals surface area (Å²) >= 11 is 0. The van der Waals surface area contributed by atoms with E-state index in [9.17, 15) is 0 Å². The molecule has 0 bridgehead atoms. The highest BCUT2D eigenvalue weighted by molar-refractivity contribution is 5.37. The molecule has 0 unspecified atom stereocenters. The van der Waals surface area contributed by atoms with Gasteiger partial charge in [-0.1, -0.05) is 48.0 Å². The number of rotatable bonds is 4. The zero-order chi connectivity index (χ0) is 13.7. The summed E-state index contributed by atoms with van der Waals surface area (Å²) < 4.78 is 0. The molecule has 1 atom stereocenters. The molecule has 0 saturated carbocycles. The summed E-state index contributed by atoms with van der Waals surface area (Å²) in [7, 11) is 0. The van der Waals surface area contributed by atoms with Gasteiger partial charge in [0.25, 0.3) is 0 Å². The van der Waals surface area contributed by atoms with Crippen molar-refractivity contribution in [3.8, 4) is 6.07 Å². The van der Waals surface area contributed by atoms with Gasteiger partial charge in [-0.15, -0.1) is 0 Å². The molecule has 2 aromatic rings. The number of nitrogens with zero attached hydrogens (tertiary/aromatic N) is 1. The second-order valence-corrected chi connectivity index (χ2v) is 4.78. The van der Waals surface area contributed by atoms with E-state index in [-0.39, 0.29) is 6.04 Å². The highest BCUT2D eigenvalue weighted by atomic mass is 14.9. The first-order chi connectivity index (χ1) is 9.20. The number of aryl methyl sites for hydroxylation is 1. The van der Waals surface area contributed by atoms with Crippen molar-refractivity contribution >= 4 is 0 Å². The van der Waals surface area contributed by atoms with Crippen LogP contribution in [-0.2, 0) is 6.54 Å². The van der Waals surface area contributed by atoms with E-state index in [0.29, 0.717) is 6.54 Å². The predicted molar refractivity (Wildman–Crippen MR) is 77.6 cm³/mol. The third-order valence-corrected chi connectivity index (χ3v) is 3.31. The van der Waals surface area contributed by atoms with Crippen molar-refractivity contribution in [3.05, 3.63) is 70.8 Å². The molecule has 2 heteroatoms. The molecule has 0 radical (unpaired) electrons. The van der Waals surface area contributed by atoms with Gasteiger partial charge in [0.05, 0.1) is 11.6 Å². The standard InChI is InChI=1S/C17H18N2/c1-13-7-9-15(10-8-13)14(2)19-12-17-6-4-3-5-16(17)11-18/h3-10,14,19H,12H2,1-2H3/t14-/m0/s1. The first kappa shape index (κ1) is 13.3. The van der Waals surface area contributed by atoms with Gasteiger partial charge in [-0.05, 0) is 31.0 Å². The minimum Gasteiger partial charge on any atom is -0.306 e. The van der Waals surface area contributed by atoms with Crippen molar-refractivity contribution < 1.29 is 0 Å². The van der Waals surface area contributed by atoms with Gasteiger partial charge in [-0.2, -0.15) is 5.26 Å². The number of benzene rings is 2. The van der Waals surface area contributed by atoms with Crippen LogP contribution in [-0.4, -0.2) is 0 Å². The molecule has 1 N–H and O–H groups in total. The second-order valence-electron chi connectivity index (χ2n) is 4.78. The van der Waals surface area contributed by atoms with Crippen molar-refractivity contribution in [3.63, 3.8) is 0 Å². The van der Waals surface area contributed by atoms with Gasteiger partial charge in [-0.3, -0.25) is 0 Å². The van der Waals surface area contributed by atoms with Crippen LogP contribution in [0.1, 0.15) is 35.2 Å². The Morgan fingerprint density at radius 1 is 1.11 bits per heavy atom. The van der Waals surface area contributed by atoms with Crippen LogP contribution >= 0.6 is 0 Å². The molecule has 19 heavy (non-hydrogen) atoms. The van der Waals surface area contributed by atoms with E-state index in [4.69, 9.17) is 5.26 Å². The molecule has 0 amide bonds. The Hall–Kier alpha value is -2.11. The Bertz CT molecular complexity index is 579. The number of nitriles is 1. The zero-order valence-electron chi connectivity index (χ0n) is 11.4. The topological polar surface area (TPSA) is 35.8 Å². The number of hydrogen-bond donors (Lipinski definition) is 1. The minimum atomic E-state index is 0.271. The minimum absolute atomic E-state index is 0.271. The Morgan fingerprint density at radius 3 is 2.47 bits per heavy atom. The maximum Gasteiger partial charge on any atom is 0.0995 e. The molecule has 2 rings (SSSR count). The molecule has 0 heterocycles. The number of nitrogens with one attached hydrogen (secondary N) is 1. The average Bonchev–Trinajstić information content (AvgIpc) is 2.45. The fourth-order valence-corrected chi connectivity index (χ4v) is 2.02. The summed E-state index contributed by atoms with van der Waals surface area (Å²) in [4.78, 5) is 0. The zero-order valence-corrected chi connectivity index (χ0v) is 11.4. The number of hydrogen-bond acceptors (Lipinski definition) is 2.